The first-order valence-corrected chi connectivity index (χ1v) is 12.8. The van der Waals surface area contributed by atoms with Gasteiger partial charge in [-0.2, -0.15) is 0 Å². The van der Waals surface area contributed by atoms with Crippen molar-refractivity contribution in [2.24, 2.45) is 0 Å². The zero-order valence-electron chi connectivity index (χ0n) is 20.2. The molecule has 37 heavy (non-hydrogen) atoms. The van der Waals surface area contributed by atoms with Crippen LogP contribution in [0.3, 0.4) is 0 Å². The minimum atomic E-state index is 0.118. The summed E-state index contributed by atoms with van der Waals surface area (Å²) < 4.78 is 0. The molecular formula is C35H22BN. The second-order valence-corrected chi connectivity index (χ2v) is 9.90. The van der Waals surface area contributed by atoms with Crippen LogP contribution in [0.1, 0.15) is 0 Å². The normalized spacial score (nSPS) is 12.3. The lowest BCUT2D eigenvalue weighted by Gasteiger charge is -2.20. The monoisotopic (exact) mass is 467 g/mol. The van der Waals surface area contributed by atoms with Gasteiger partial charge in [0.1, 0.15) is 0 Å². The molecule has 6 aromatic carbocycles. The van der Waals surface area contributed by atoms with Crippen LogP contribution in [0.2, 0.25) is 0 Å². The van der Waals surface area contributed by atoms with Gasteiger partial charge >= 0.3 is 0 Å². The van der Waals surface area contributed by atoms with E-state index in [0.29, 0.717) is 0 Å². The SMILES string of the molecule is c1ccc(-c2cncc(-c3ccccc3)c2B2c3cccc4c5ccccc5c5cccc2c5c34)cc1. The lowest BCUT2D eigenvalue weighted by atomic mass is 9.37. The molecule has 0 spiro atoms. The van der Waals surface area contributed by atoms with E-state index >= 15 is 0 Å². The van der Waals surface area contributed by atoms with Crippen molar-refractivity contribution in [3.63, 3.8) is 0 Å². The van der Waals surface area contributed by atoms with Crippen molar-refractivity contribution >= 4 is 55.4 Å². The summed E-state index contributed by atoms with van der Waals surface area (Å²) in [5.74, 6) is 0. The second-order valence-electron chi connectivity index (χ2n) is 9.90. The van der Waals surface area contributed by atoms with Crippen LogP contribution in [0.15, 0.2) is 134 Å². The Morgan fingerprint density at radius 2 is 0.838 bits per heavy atom. The van der Waals surface area contributed by atoms with Gasteiger partial charge in [0.2, 0.25) is 6.71 Å². The van der Waals surface area contributed by atoms with E-state index in [4.69, 9.17) is 4.98 Å². The second kappa shape index (κ2) is 7.91. The van der Waals surface area contributed by atoms with E-state index < -0.39 is 0 Å². The molecule has 1 aliphatic rings. The summed E-state index contributed by atoms with van der Waals surface area (Å²) in [5, 5.41) is 8.12. The zero-order valence-corrected chi connectivity index (χ0v) is 20.2. The summed E-state index contributed by atoms with van der Waals surface area (Å²) in [6.07, 6.45) is 4.10. The molecule has 0 saturated carbocycles. The van der Waals surface area contributed by atoms with Crippen LogP contribution >= 0.6 is 0 Å². The standard InChI is InChI=1S/C35H22BN/c1-3-11-23(12-4-1)29-21-37-22-30(24-13-5-2-6-14-24)35(29)36-31-19-9-17-27-25-15-7-8-16-26(25)28-18-10-20-32(36)34(28)33(27)31/h1-22H. The van der Waals surface area contributed by atoms with Gasteiger partial charge in [0, 0.05) is 12.4 Å². The fourth-order valence-electron chi connectivity index (χ4n) is 6.54. The van der Waals surface area contributed by atoms with E-state index in [1.54, 1.807) is 0 Å². The molecule has 0 aliphatic carbocycles. The number of aromatic nitrogens is 1. The predicted octanol–water partition coefficient (Wildman–Crippen LogP) is 6.70. The van der Waals surface area contributed by atoms with Crippen molar-refractivity contribution in [3.05, 3.63) is 134 Å². The fourth-order valence-corrected chi connectivity index (χ4v) is 6.54. The number of benzene rings is 6. The van der Waals surface area contributed by atoms with Crippen LogP contribution in [0, 0.1) is 0 Å². The highest BCUT2D eigenvalue weighted by Crippen LogP contribution is 2.37. The van der Waals surface area contributed by atoms with Crippen LogP contribution in [0.25, 0.3) is 54.6 Å². The molecule has 8 rings (SSSR count). The smallest absolute Gasteiger partial charge is 0.244 e. The Morgan fingerprint density at radius 1 is 0.405 bits per heavy atom. The fraction of sp³-hybridized carbons (Fsp3) is 0. The van der Waals surface area contributed by atoms with Crippen LogP contribution in [-0.2, 0) is 0 Å². The summed E-state index contributed by atoms with van der Waals surface area (Å²) in [5.41, 5.74) is 8.88. The van der Waals surface area contributed by atoms with Gasteiger partial charge in [-0.25, -0.2) is 0 Å². The molecule has 0 fully saturated rings. The van der Waals surface area contributed by atoms with Gasteiger partial charge in [-0.15, -0.1) is 0 Å². The maximum absolute atomic E-state index is 4.76. The first kappa shape index (κ1) is 20.5. The summed E-state index contributed by atoms with van der Waals surface area (Å²) in [6.45, 7) is 0.118. The van der Waals surface area contributed by atoms with Crippen LogP contribution < -0.4 is 16.4 Å². The van der Waals surface area contributed by atoms with Gasteiger partial charge in [-0.1, -0.05) is 138 Å². The molecule has 0 N–H and O–H groups in total. The summed E-state index contributed by atoms with van der Waals surface area (Å²) in [7, 11) is 0. The number of rotatable bonds is 3. The van der Waals surface area contributed by atoms with E-state index in [2.05, 4.69) is 134 Å². The zero-order chi connectivity index (χ0) is 24.3. The van der Waals surface area contributed by atoms with Gasteiger partial charge in [0.05, 0.1) is 0 Å². The lowest BCUT2D eigenvalue weighted by Crippen LogP contribution is -2.51. The number of hydrogen-bond donors (Lipinski definition) is 0. The van der Waals surface area contributed by atoms with Gasteiger partial charge in [-0.3, -0.25) is 4.98 Å². The van der Waals surface area contributed by atoms with Gasteiger partial charge in [-0.05, 0) is 54.6 Å². The predicted molar refractivity (Wildman–Crippen MR) is 159 cm³/mol. The van der Waals surface area contributed by atoms with Crippen LogP contribution in [-0.4, -0.2) is 11.7 Å². The van der Waals surface area contributed by atoms with E-state index in [0.717, 1.165) is 0 Å². The van der Waals surface area contributed by atoms with Gasteiger partial charge < -0.3 is 0 Å². The Hall–Kier alpha value is -4.69. The van der Waals surface area contributed by atoms with E-state index in [1.165, 1.54) is 71.0 Å². The molecule has 7 aromatic rings. The van der Waals surface area contributed by atoms with Gasteiger partial charge in [0.25, 0.3) is 0 Å². The number of hydrogen-bond acceptors (Lipinski definition) is 1. The lowest BCUT2D eigenvalue weighted by molar-refractivity contribution is 1.34. The molecule has 2 heteroatoms. The molecule has 1 nitrogen and oxygen atoms in total. The average Bonchev–Trinajstić information content (AvgIpc) is 3.32. The van der Waals surface area contributed by atoms with Crippen molar-refractivity contribution in [2.45, 2.75) is 0 Å². The van der Waals surface area contributed by atoms with E-state index in [9.17, 15) is 0 Å². The third-order valence-electron chi connectivity index (χ3n) is 8.02. The number of nitrogens with zero attached hydrogens (tertiary/aromatic N) is 1. The molecule has 0 radical (unpaired) electrons. The molecule has 170 valence electrons. The Morgan fingerprint density at radius 3 is 1.32 bits per heavy atom. The van der Waals surface area contributed by atoms with E-state index in [1.807, 2.05) is 0 Å². The van der Waals surface area contributed by atoms with E-state index in [-0.39, 0.29) is 6.71 Å². The van der Waals surface area contributed by atoms with Crippen molar-refractivity contribution in [3.8, 4) is 22.3 Å². The van der Waals surface area contributed by atoms with Crippen molar-refractivity contribution < 1.29 is 0 Å². The summed E-state index contributed by atoms with van der Waals surface area (Å²) >= 11 is 0. The molecule has 0 amide bonds. The highest BCUT2D eigenvalue weighted by molar-refractivity contribution is 7.02. The first-order valence-electron chi connectivity index (χ1n) is 12.8. The van der Waals surface area contributed by atoms with Crippen LogP contribution in [0.4, 0.5) is 0 Å². The minimum Gasteiger partial charge on any atom is -0.263 e. The highest BCUT2D eigenvalue weighted by Gasteiger charge is 2.36. The Balaban J connectivity index is 1.54. The molecule has 0 bridgehead atoms. The molecule has 1 aromatic heterocycles. The number of fused-ring (bicyclic) bond motifs is 3. The molecular weight excluding hydrogens is 445 g/mol. The molecule has 0 saturated heterocycles. The molecule has 0 atom stereocenters. The number of pyridine rings is 1. The third-order valence-corrected chi connectivity index (χ3v) is 8.02. The highest BCUT2D eigenvalue weighted by atomic mass is 14.6. The van der Waals surface area contributed by atoms with Crippen molar-refractivity contribution in [2.75, 3.05) is 0 Å². The van der Waals surface area contributed by atoms with Crippen LogP contribution in [0.5, 0.6) is 0 Å². The Bertz CT molecular complexity index is 1840. The van der Waals surface area contributed by atoms with Gasteiger partial charge in [0.15, 0.2) is 0 Å². The summed E-state index contributed by atoms with van der Waals surface area (Å²) in [6, 6.07) is 44.0. The van der Waals surface area contributed by atoms with Crippen molar-refractivity contribution in [1.82, 2.24) is 4.98 Å². The summed E-state index contributed by atoms with van der Waals surface area (Å²) in [4.78, 5) is 4.76. The quantitative estimate of drug-likeness (QED) is 0.208. The minimum absolute atomic E-state index is 0.118. The molecule has 0 unspecified atom stereocenters. The third kappa shape index (κ3) is 2.90. The van der Waals surface area contributed by atoms with Crippen molar-refractivity contribution in [1.29, 1.82) is 0 Å². The maximum atomic E-state index is 4.76. The largest absolute Gasteiger partial charge is 0.263 e. The first-order chi connectivity index (χ1) is 18.4. The average molecular weight is 467 g/mol. The Kier molecular flexibility index (Phi) is 4.38. The molecule has 2 heterocycles. The Labute approximate surface area is 216 Å². The molecule has 1 aliphatic heterocycles. The maximum Gasteiger partial charge on any atom is 0.244 e. The topological polar surface area (TPSA) is 12.9 Å².